The Morgan fingerprint density at radius 1 is 1.28 bits per heavy atom. The Morgan fingerprint density at radius 2 is 2.00 bits per heavy atom. The highest BCUT2D eigenvalue weighted by molar-refractivity contribution is 7.89. The van der Waals surface area contributed by atoms with Gasteiger partial charge in [-0.1, -0.05) is 18.2 Å². The molecule has 2 aromatic rings. The van der Waals surface area contributed by atoms with Gasteiger partial charge in [0.1, 0.15) is 6.26 Å². The van der Waals surface area contributed by atoms with Gasteiger partial charge in [-0.05, 0) is 12.1 Å². The fraction of sp³-hybridized carbons (Fsp3) is 0.250. The third-order valence-corrected chi connectivity index (χ3v) is 3.87. The molecule has 0 unspecified atom stereocenters. The maximum absolute atomic E-state index is 11.9. The molecular weight excluding hydrogens is 252 g/mol. The second-order valence-electron chi connectivity index (χ2n) is 3.82. The highest BCUT2D eigenvalue weighted by Gasteiger charge is 2.12. The average molecular weight is 266 g/mol. The Labute approximate surface area is 106 Å². The second kappa shape index (κ2) is 5.32. The highest BCUT2D eigenvalue weighted by atomic mass is 32.2. The highest BCUT2D eigenvalue weighted by Crippen LogP contribution is 2.07. The van der Waals surface area contributed by atoms with Crippen molar-refractivity contribution < 1.29 is 12.8 Å². The van der Waals surface area contributed by atoms with E-state index in [2.05, 4.69) is 9.71 Å². The second-order valence-corrected chi connectivity index (χ2v) is 5.59. The number of hydrogen-bond acceptors (Lipinski definition) is 4. The van der Waals surface area contributed by atoms with Crippen LogP contribution in [-0.2, 0) is 16.4 Å². The summed E-state index contributed by atoms with van der Waals surface area (Å²) >= 11 is 0. The van der Waals surface area contributed by atoms with Crippen molar-refractivity contribution in [2.75, 3.05) is 6.54 Å². The molecule has 0 saturated heterocycles. The summed E-state index contributed by atoms with van der Waals surface area (Å²) in [6, 6.07) is 8.27. The van der Waals surface area contributed by atoms with Crippen LogP contribution < -0.4 is 4.72 Å². The summed E-state index contributed by atoms with van der Waals surface area (Å²) in [6.07, 6.45) is 2.04. The summed E-state index contributed by atoms with van der Waals surface area (Å²) in [5.74, 6) is 0.580. The van der Waals surface area contributed by atoms with E-state index in [1.807, 2.05) is 0 Å². The van der Waals surface area contributed by atoms with Gasteiger partial charge in [0.25, 0.3) is 0 Å². The van der Waals surface area contributed by atoms with E-state index in [-0.39, 0.29) is 4.90 Å². The van der Waals surface area contributed by atoms with Gasteiger partial charge in [-0.25, -0.2) is 18.1 Å². The van der Waals surface area contributed by atoms with Crippen molar-refractivity contribution in [1.82, 2.24) is 9.71 Å². The molecule has 1 aromatic heterocycles. The third kappa shape index (κ3) is 3.18. The van der Waals surface area contributed by atoms with Gasteiger partial charge >= 0.3 is 0 Å². The van der Waals surface area contributed by atoms with E-state index in [0.717, 1.165) is 5.69 Å². The predicted molar refractivity (Wildman–Crippen MR) is 66.6 cm³/mol. The molecular formula is C12H14N2O3S. The Hall–Kier alpha value is -1.66. The zero-order valence-corrected chi connectivity index (χ0v) is 10.8. The molecule has 5 nitrogen and oxygen atoms in total. The molecule has 18 heavy (non-hydrogen) atoms. The van der Waals surface area contributed by atoms with Crippen molar-refractivity contribution >= 4 is 10.0 Å². The zero-order chi connectivity index (χ0) is 13.0. The lowest BCUT2D eigenvalue weighted by atomic mass is 10.3. The first-order chi connectivity index (χ1) is 8.58. The number of aromatic nitrogens is 1. The molecule has 0 spiro atoms. The number of nitrogens with one attached hydrogen (secondary N) is 1. The first-order valence-corrected chi connectivity index (χ1v) is 7.02. The largest absolute Gasteiger partial charge is 0.449 e. The zero-order valence-electron chi connectivity index (χ0n) is 9.96. The lowest BCUT2D eigenvalue weighted by molar-refractivity contribution is 0.520. The quantitative estimate of drug-likeness (QED) is 0.890. The van der Waals surface area contributed by atoms with Crippen LogP contribution in [0.1, 0.15) is 11.6 Å². The molecule has 96 valence electrons. The van der Waals surface area contributed by atoms with Crippen molar-refractivity contribution in [1.29, 1.82) is 0 Å². The first kappa shape index (κ1) is 12.8. The third-order valence-electron chi connectivity index (χ3n) is 2.39. The van der Waals surface area contributed by atoms with Crippen molar-refractivity contribution in [3.63, 3.8) is 0 Å². The number of hydrogen-bond donors (Lipinski definition) is 1. The number of nitrogens with zero attached hydrogens (tertiary/aromatic N) is 1. The molecule has 0 fully saturated rings. The maximum Gasteiger partial charge on any atom is 0.240 e. The average Bonchev–Trinajstić information content (AvgIpc) is 2.76. The molecule has 0 aliphatic heterocycles. The van der Waals surface area contributed by atoms with Gasteiger partial charge in [0.05, 0.1) is 10.6 Å². The van der Waals surface area contributed by atoms with Crippen LogP contribution in [0.2, 0.25) is 0 Å². The number of oxazole rings is 1. The van der Waals surface area contributed by atoms with Crippen LogP contribution in [0.15, 0.2) is 45.9 Å². The molecule has 0 aliphatic carbocycles. The van der Waals surface area contributed by atoms with E-state index in [4.69, 9.17) is 4.42 Å². The van der Waals surface area contributed by atoms with Crippen molar-refractivity contribution in [2.24, 2.45) is 0 Å². The van der Waals surface area contributed by atoms with Crippen LogP contribution in [0.4, 0.5) is 0 Å². The fourth-order valence-corrected chi connectivity index (χ4v) is 2.57. The normalized spacial score (nSPS) is 11.6. The van der Waals surface area contributed by atoms with E-state index in [0.29, 0.717) is 18.9 Å². The minimum absolute atomic E-state index is 0.265. The summed E-state index contributed by atoms with van der Waals surface area (Å²) in [6.45, 7) is 2.04. The lowest BCUT2D eigenvalue weighted by Crippen LogP contribution is -2.26. The Bertz CT molecular complexity index is 605. The van der Waals surface area contributed by atoms with Gasteiger partial charge in [-0.3, -0.25) is 0 Å². The summed E-state index contributed by atoms with van der Waals surface area (Å²) in [4.78, 5) is 4.37. The van der Waals surface area contributed by atoms with Crippen molar-refractivity contribution in [3.8, 4) is 0 Å². The molecule has 1 heterocycles. The minimum Gasteiger partial charge on any atom is -0.449 e. The van der Waals surface area contributed by atoms with Crippen LogP contribution in [0.3, 0.4) is 0 Å². The van der Waals surface area contributed by atoms with Crippen LogP contribution >= 0.6 is 0 Å². The van der Waals surface area contributed by atoms with E-state index in [1.54, 1.807) is 37.3 Å². The van der Waals surface area contributed by atoms with Gasteiger partial charge in [-0.2, -0.15) is 0 Å². The van der Waals surface area contributed by atoms with Crippen molar-refractivity contribution in [3.05, 3.63) is 48.2 Å². The van der Waals surface area contributed by atoms with Gasteiger partial charge in [0, 0.05) is 19.9 Å². The molecule has 6 heteroatoms. The monoisotopic (exact) mass is 266 g/mol. The van der Waals surface area contributed by atoms with E-state index in [1.165, 1.54) is 6.26 Å². The molecule has 0 atom stereocenters. The van der Waals surface area contributed by atoms with Gasteiger partial charge in [-0.15, -0.1) is 0 Å². The van der Waals surface area contributed by atoms with Gasteiger partial charge in [0.2, 0.25) is 10.0 Å². The van der Waals surface area contributed by atoms with E-state index >= 15 is 0 Å². The first-order valence-electron chi connectivity index (χ1n) is 5.54. The summed E-state index contributed by atoms with van der Waals surface area (Å²) < 4.78 is 31.3. The molecule has 0 amide bonds. The van der Waals surface area contributed by atoms with Crippen LogP contribution in [0, 0.1) is 6.92 Å². The van der Waals surface area contributed by atoms with E-state index < -0.39 is 10.0 Å². The lowest BCUT2D eigenvalue weighted by Gasteiger charge is -2.05. The Kier molecular flexibility index (Phi) is 3.78. The molecule has 2 rings (SSSR count). The maximum atomic E-state index is 11.9. The van der Waals surface area contributed by atoms with Gasteiger partial charge < -0.3 is 4.42 Å². The Morgan fingerprint density at radius 3 is 2.61 bits per heavy atom. The molecule has 0 bridgehead atoms. The molecule has 1 N–H and O–H groups in total. The van der Waals surface area contributed by atoms with Crippen molar-refractivity contribution in [2.45, 2.75) is 18.2 Å². The minimum atomic E-state index is -3.43. The van der Waals surface area contributed by atoms with E-state index in [9.17, 15) is 8.42 Å². The standard InChI is InChI=1S/C12H14N2O3S/c1-10-14-11(9-17-10)7-8-13-18(15,16)12-5-3-2-4-6-12/h2-6,9,13H,7-8H2,1H3. The fourth-order valence-electron chi connectivity index (χ4n) is 1.52. The summed E-state index contributed by atoms with van der Waals surface area (Å²) in [5, 5.41) is 0. The number of benzene rings is 1. The number of aryl methyl sites for hydroxylation is 1. The smallest absolute Gasteiger partial charge is 0.240 e. The SMILES string of the molecule is Cc1nc(CCNS(=O)(=O)c2ccccc2)co1. The van der Waals surface area contributed by atoms with Gasteiger partial charge in [0.15, 0.2) is 5.89 Å². The topological polar surface area (TPSA) is 72.2 Å². The number of rotatable bonds is 5. The summed E-state index contributed by atoms with van der Waals surface area (Å²) in [5.41, 5.74) is 0.739. The molecule has 0 radical (unpaired) electrons. The van der Waals surface area contributed by atoms with Crippen LogP contribution in [-0.4, -0.2) is 19.9 Å². The predicted octanol–water partition coefficient (Wildman–Crippen LogP) is 1.50. The molecule has 0 aliphatic rings. The van der Waals surface area contributed by atoms with Crippen LogP contribution in [0.25, 0.3) is 0 Å². The Balaban J connectivity index is 1.94. The molecule has 0 saturated carbocycles. The van der Waals surface area contributed by atoms with Crippen LogP contribution in [0.5, 0.6) is 0 Å². The molecule has 1 aromatic carbocycles. The summed E-state index contributed by atoms with van der Waals surface area (Å²) in [7, 11) is -3.43. The number of sulfonamides is 1.